The molecule has 0 aliphatic heterocycles. The molecule has 1 rings (SSSR count). The average molecular weight is 178 g/mol. The van der Waals surface area contributed by atoms with Crippen LogP contribution in [-0.2, 0) is 0 Å². The predicted octanol–water partition coefficient (Wildman–Crippen LogP) is 1.67. The third-order valence-electron chi connectivity index (χ3n) is 2.60. The second-order valence-electron chi connectivity index (χ2n) is 3.72. The summed E-state index contributed by atoms with van der Waals surface area (Å²) in [5, 5.41) is 9.84. The molecule has 66 valence electrons. The molecule has 0 radical (unpaired) electrons. The molecular formula is C8H16ClNO. The number of aliphatic hydroxyl groups is 1. The van der Waals surface area contributed by atoms with Gasteiger partial charge in [0.1, 0.15) is 0 Å². The quantitative estimate of drug-likeness (QED) is 0.629. The maximum atomic E-state index is 9.84. The van der Waals surface area contributed by atoms with E-state index in [4.69, 9.17) is 11.8 Å². The zero-order chi connectivity index (χ0) is 8.32. The molecule has 0 bridgehead atoms. The predicted molar refractivity (Wildman–Crippen MR) is 46.4 cm³/mol. The van der Waals surface area contributed by atoms with Crippen LogP contribution in [0.5, 0.6) is 0 Å². The number of hydrogen-bond donors (Lipinski definition) is 2. The Bertz CT molecular complexity index is 121. The molecule has 1 fully saturated rings. The molecule has 1 saturated carbocycles. The summed E-state index contributed by atoms with van der Waals surface area (Å²) in [6.45, 7) is 2.75. The largest absolute Gasteiger partial charge is 0.389 e. The molecule has 0 heterocycles. The molecule has 2 nitrogen and oxygen atoms in total. The lowest BCUT2D eigenvalue weighted by atomic mass is 9.80. The molecule has 0 aromatic carbocycles. The Balaban J connectivity index is 2.35. The minimum Gasteiger partial charge on any atom is -0.389 e. The average Bonchev–Trinajstić information content (AvgIpc) is 1.97. The molecule has 0 amide bonds. The van der Waals surface area contributed by atoms with Crippen molar-refractivity contribution >= 4 is 11.8 Å². The molecule has 3 heteroatoms. The fraction of sp³-hybridized carbons (Fsp3) is 1.00. The van der Waals surface area contributed by atoms with Gasteiger partial charge >= 0.3 is 0 Å². The van der Waals surface area contributed by atoms with Crippen LogP contribution < -0.4 is 4.84 Å². The van der Waals surface area contributed by atoms with Crippen LogP contribution in [0.15, 0.2) is 0 Å². The summed E-state index contributed by atoms with van der Waals surface area (Å²) in [5.41, 5.74) is -0.533. The van der Waals surface area contributed by atoms with Gasteiger partial charge in [-0.25, -0.2) is 4.84 Å². The highest BCUT2D eigenvalue weighted by Gasteiger charge is 2.30. The summed E-state index contributed by atoms with van der Waals surface area (Å²) in [6.07, 6.45) is 4.01. The highest BCUT2D eigenvalue weighted by atomic mass is 35.5. The first-order valence-corrected chi connectivity index (χ1v) is 4.60. The summed E-state index contributed by atoms with van der Waals surface area (Å²) in [7, 11) is 0. The van der Waals surface area contributed by atoms with E-state index in [9.17, 15) is 5.11 Å². The minimum atomic E-state index is -0.533. The standard InChI is InChI=1S/C8H16ClNO/c1-7-2-4-8(11,5-3-7)6-10-9/h7,10-11H,2-6H2,1H3. The van der Waals surface area contributed by atoms with E-state index < -0.39 is 5.60 Å². The molecule has 0 spiro atoms. The van der Waals surface area contributed by atoms with Crippen molar-refractivity contribution in [2.45, 2.75) is 38.2 Å². The molecule has 0 unspecified atom stereocenters. The first-order valence-electron chi connectivity index (χ1n) is 4.22. The Morgan fingerprint density at radius 2 is 2.09 bits per heavy atom. The van der Waals surface area contributed by atoms with Crippen molar-refractivity contribution in [2.75, 3.05) is 6.54 Å². The van der Waals surface area contributed by atoms with Crippen LogP contribution in [0.25, 0.3) is 0 Å². The first-order chi connectivity index (χ1) is 5.16. The van der Waals surface area contributed by atoms with Gasteiger partial charge in [-0.05, 0) is 43.4 Å². The maximum Gasteiger partial charge on any atom is 0.0784 e. The van der Waals surface area contributed by atoms with Crippen LogP contribution in [-0.4, -0.2) is 17.3 Å². The highest BCUT2D eigenvalue weighted by molar-refractivity contribution is 6.13. The molecule has 0 atom stereocenters. The first kappa shape index (κ1) is 9.30. The van der Waals surface area contributed by atoms with Crippen LogP contribution in [0.3, 0.4) is 0 Å². The number of halogens is 1. The van der Waals surface area contributed by atoms with E-state index in [0.717, 1.165) is 31.6 Å². The lowest BCUT2D eigenvalue weighted by molar-refractivity contribution is -0.00169. The van der Waals surface area contributed by atoms with E-state index in [1.165, 1.54) is 0 Å². The van der Waals surface area contributed by atoms with Crippen molar-refractivity contribution in [3.63, 3.8) is 0 Å². The Labute approximate surface area is 73.0 Å². The molecule has 0 aromatic rings. The fourth-order valence-electron chi connectivity index (χ4n) is 1.60. The molecule has 0 saturated heterocycles. The van der Waals surface area contributed by atoms with Gasteiger partial charge in [-0.15, -0.1) is 0 Å². The van der Waals surface area contributed by atoms with Crippen molar-refractivity contribution in [1.82, 2.24) is 4.84 Å². The van der Waals surface area contributed by atoms with Gasteiger partial charge in [-0.2, -0.15) is 0 Å². The van der Waals surface area contributed by atoms with Crippen LogP contribution in [0, 0.1) is 5.92 Å². The van der Waals surface area contributed by atoms with Crippen LogP contribution in [0.2, 0.25) is 0 Å². The summed E-state index contributed by atoms with van der Waals surface area (Å²) in [6, 6.07) is 0. The Hall–Kier alpha value is 0.210. The molecule has 0 aromatic heterocycles. The third-order valence-corrected chi connectivity index (χ3v) is 2.73. The van der Waals surface area contributed by atoms with Crippen LogP contribution in [0.4, 0.5) is 0 Å². The summed E-state index contributed by atoms with van der Waals surface area (Å²) in [5.74, 6) is 0.769. The van der Waals surface area contributed by atoms with E-state index >= 15 is 0 Å². The summed E-state index contributed by atoms with van der Waals surface area (Å²) < 4.78 is 0. The van der Waals surface area contributed by atoms with Crippen LogP contribution >= 0.6 is 11.8 Å². The smallest absolute Gasteiger partial charge is 0.0784 e. The number of nitrogens with one attached hydrogen (secondary N) is 1. The zero-order valence-electron chi connectivity index (χ0n) is 6.94. The molecule has 11 heavy (non-hydrogen) atoms. The van der Waals surface area contributed by atoms with E-state index in [1.807, 2.05) is 0 Å². The van der Waals surface area contributed by atoms with Gasteiger partial charge in [-0.3, -0.25) is 0 Å². The monoisotopic (exact) mass is 177 g/mol. The van der Waals surface area contributed by atoms with E-state index in [-0.39, 0.29) is 0 Å². The zero-order valence-corrected chi connectivity index (χ0v) is 7.69. The Morgan fingerprint density at radius 1 is 1.55 bits per heavy atom. The third kappa shape index (κ3) is 2.62. The van der Waals surface area contributed by atoms with Gasteiger partial charge in [0.25, 0.3) is 0 Å². The molecule has 1 aliphatic rings. The van der Waals surface area contributed by atoms with Gasteiger partial charge in [0.15, 0.2) is 0 Å². The lowest BCUT2D eigenvalue weighted by Gasteiger charge is -2.34. The Kier molecular flexibility index (Phi) is 3.16. The summed E-state index contributed by atoms with van der Waals surface area (Å²) >= 11 is 5.35. The van der Waals surface area contributed by atoms with E-state index in [2.05, 4.69) is 11.8 Å². The number of hydrogen-bond acceptors (Lipinski definition) is 2. The SMILES string of the molecule is CC1CCC(O)(CNCl)CC1. The second kappa shape index (κ2) is 3.74. The topological polar surface area (TPSA) is 32.3 Å². The van der Waals surface area contributed by atoms with Crippen molar-refractivity contribution in [3.05, 3.63) is 0 Å². The normalized spacial score (nSPS) is 39.0. The number of rotatable bonds is 2. The van der Waals surface area contributed by atoms with Crippen molar-refractivity contribution < 1.29 is 5.11 Å². The van der Waals surface area contributed by atoms with Gasteiger partial charge < -0.3 is 5.11 Å². The van der Waals surface area contributed by atoms with Crippen molar-refractivity contribution in [2.24, 2.45) is 5.92 Å². The summed E-state index contributed by atoms with van der Waals surface area (Å²) in [4.78, 5) is 2.51. The Morgan fingerprint density at radius 3 is 2.55 bits per heavy atom. The minimum absolute atomic E-state index is 0.515. The van der Waals surface area contributed by atoms with Crippen molar-refractivity contribution in [1.29, 1.82) is 0 Å². The van der Waals surface area contributed by atoms with Crippen LogP contribution in [0.1, 0.15) is 32.6 Å². The fourth-order valence-corrected chi connectivity index (χ4v) is 1.85. The molecule has 1 aliphatic carbocycles. The van der Waals surface area contributed by atoms with E-state index in [1.54, 1.807) is 0 Å². The molecule has 2 N–H and O–H groups in total. The van der Waals surface area contributed by atoms with Gasteiger partial charge in [0.2, 0.25) is 0 Å². The second-order valence-corrected chi connectivity index (χ2v) is 3.98. The van der Waals surface area contributed by atoms with Gasteiger partial charge in [0, 0.05) is 6.54 Å². The van der Waals surface area contributed by atoms with Crippen molar-refractivity contribution in [3.8, 4) is 0 Å². The van der Waals surface area contributed by atoms with E-state index in [0.29, 0.717) is 6.54 Å². The maximum absolute atomic E-state index is 9.84. The highest BCUT2D eigenvalue weighted by Crippen LogP contribution is 2.31. The lowest BCUT2D eigenvalue weighted by Crippen LogP contribution is -2.40. The molecular weight excluding hydrogens is 162 g/mol. The van der Waals surface area contributed by atoms with Gasteiger partial charge in [-0.1, -0.05) is 6.92 Å². The van der Waals surface area contributed by atoms with Gasteiger partial charge in [0.05, 0.1) is 5.60 Å².